The van der Waals surface area contributed by atoms with Crippen molar-refractivity contribution in [2.24, 2.45) is 11.3 Å². The third kappa shape index (κ3) is 2.77. The van der Waals surface area contributed by atoms with Crippen molar-refractivity contribution in [3.05, 3.63) is 30.1 Å². The van der Waals surface area contributed by atoms with Crippen LogP contribution in [0.5, 0.6) is 0 Å². The lowest BCUT2D eigenvalue weighted by atomic mass is 9.90. The van der Waals surface area contributed by atoms with Gasteiger partial charge in [0.1, 0.15) is 0 Å². The largest absolute Gasteiger partial charge is 0.469 e. The molecule has 1 aliphatic heterocycles. The predicted octanol–water partition coefficient (Wildman–Crippen LogP) is 1.43. The first-order valence-corrected chi connectivity index (χ1v) is 7.40. The van der Waals surface area contributed by atoms with Crippen LogP contribution >= 0.6 is 0 Å². The monoisotopic (exact) mass is 288 g/mol. The van der Waals surface area contributed by atoms with Crippen LogP contribution in [0.1, 0.15) is 25.0 Å². The van der Waals surface area contributed by atoms with Crippen LogP contribution in [0, 0.1) is 11.3 Å². The molecule has 1 spiro atoms. The molecule has 0 radical (unpaired) electrons. The topological polar surface area (TPSA) is 59.5 Å². The molecular formula is C16H20N2O3. The van der Waals surface area contributed by atoms with Gasteiger partial charge < -0.3 is 9.64 Å². The highest BCUT2D eigenvalue weighted by atomic mass is 16.5. The summed E-state index contributed by atoms with van der Waals surface area (Å²) < 4.78 is 4.83. The second-order valence-electron chi connectivity index (χ2n) is 6.02. The van der Waals surface area contributed by atoms with E-state index < -0.39 is 0 Å². The second kappa shape index (κ2) is 5.47. The molecule has 1 unspecified atom stereocenters. The van der Waals surface area contributed by atoms with E-state index in [9.17, 15) is 9.59 Å². The fourth-order valence-electron chi connectivity index (χ4n) is 3.35. The van der Waals surface area contributed by atoms with Crippen LogP contribution in [0.3, 0.4) is 0 Å². The van der Waals surface area contributed by atoms with Crippen molar-refractivity contribution in [1.82, 2.24) is 9.88 Å². The number of esters is 1. The SMILES string of the molecule is COC(=O)C1CC12CCN(C(=O)Cc1ccccn1)CC2. The number of amides is 1. The summed E-state index contributed by atoms with van der Waals surface area (Å²) in [6, 6.07) is 5.61. The number of pyridine rings is 1. The Labute approximate surface area is 124 Å². The van der Waals surface area contributed by atoms with E-state index in [-0.39, 0.29) is 23.2 Å². The van der Waals surface area contributed by atoms with Gasteiger partial charge in [-0.1, -0.05) is 6.07 Å². The van der Waals surface area contributed by atoms with Crippen LogP contribution in [0.15, 0.2) is 24.4 Å². The minimum absolute atomic E-state index is 0.0514. The molecule has 2 heterocycles. The van der Waals surface area contributed by atoms with Crippen molar-refractivity contribution >= 4 is 11.9 Å². The van der Waals surface area contributed by atoms with Gasteiger partial charge in [0.15, 0.2) is 0 Å². The van der Waals surface area contributed by atoms with Crippen molar-refractivity contribution in [3.8, 4) is 0 Å². The van der Waals surface area contributed by atoms with Crippen molar-refractivity contribution in [2.75, 3.05) is 20.2 Å². The van der Waals surface area contributed by atoms with E-state index in [2.05, 4.69) is 4.98 Å². The van der Waals surface area contributed by atoms with Crippen LogP contribution in [-0.4, -0.2) is 42.0 Å². The van der Waals surface area contributed by atoms with Crippen LogP contribution in [0.2, 0.25) is 0 Å². The number of aromatic nitrogens is 1. The number of ether oxygens (including phenoxy) is 1. The summed E-state index contributed by atoms with van der Waals surface area (Å²) in [6.07, 6.45) is 4.79. The highest BCUT2D eigenvalue weighted by Gasteiger charge is 2.59. The van der Waals surface area contributed by atoms with Crippen LogP contribution in [-0.2, 0) is 20.7 Å². The van der Waals surface area contributed by atoms with Crippen molar-refractivity contribution < 1.29 is 14.3 Å². The Balaban J connectivity index is 1.52. The summed E-state index contributed by atoms with van der Waals surface area (Å²) in [6.45, 7) is 1.47. The van der Waals surface area contributed by atoms with Gasteiger partial charge >= 0.3 is 5.97 Å². The van der Waals surface area contributed by atoms with Crippen molar-refractivity contribution in [1.29, 1.82) is 0 Å². The Kier molecular flexibility index (Phi) is 3.66. The first kappa shape index (κ1) is 14.0. The number of likely N-dealkylation sites (tertiary alicyclic amines) is 1. The summed E-state index contributed by atoms with van der Waals surface area (Å²) in [5.74, 6) is 0.0811. The Morgan fingerprint density at radius 1 is 1.38 bits per heavy atom. The molecule has 1 aromatic rings. The van der Waals surface area contributed by atoms with Gasteiger partial charge in [-0.25, -0.2) is 0 Å². The average molecular weight is 288 g/mol. The van der Waals surface area contributed by atoms with Gasteiger partial charge in [0.25, 0.3) is 0 Å². The van der Waals surface area contributed by atoms with Crippen molar-refractivity contribution in [2.45, 2.75) is 25.7 Å². The van der Waals surface area contributed by atoms with E-state index in [1.165, 1.54) is 7.11 Å². The molecule has 5 nitrogen and oxygen atoms in total. The van der Waals surface area contributed by atoms with E-state index >= 15 is 0 Å². The lowest BCUT2D eigenvalue weighted by Crippen LogP contribution is -2.40. The molecule has 1 saturated heterocycles. The molecule has 1 amide bonds. The summed E-state index contributed by atoms with van der Waals surface area (Å²) in [4.78, 5) is 29.9. The van der Waals surface area contributed by atoms with Crippen LogP contribution in [0.4, 0.5) is 0 Å². The minimum atomic E-state index is -0.0942. The van der Waals surface area contributed by atoms with E-state index in [0.29, 0.717) is 6.42 Å². The van der Waals surface area contributed by atoms with Gasteiger partial charge in [0, 0.05) is 25.0 Å². The maximum Gasteiger partial charge on any atom is 0.309 e. The first-order chi connectivity index (χ1) is 10.1. The number of piperidine rings is 1. The molecule has 2 fully saturated rings. The zero-order chi connectivity index (χ0) is 14.9. The Morgan fingerprint density at radius 3 is 2.76 bits per heavy atom. The summed E-state index contributed by atoms with van der Waals surface area (Å²) in [7, 11) is 1.44. The summed E-state index contributed by atoms with van der Waals surface area (Å²) >= 11 is 0. The molecule has 21 heavy (non-hydrogen) atoms. The third-order valence-electron chi connectivity index (χ3n) is 4.85. The van der Waals surface area contributed by atoms with Gasteiger partial charge in [0.05, 0.1) is 19.4 Å². The quantitative estimate of drug-likeness (QED) is 0.789. The van der Waals surface area contributed by atoms with E-state index in [1.54, 1.807) is 6.20 Å². The third-order valence-corrected chi connectivity index (χ3v) is 4.85. The number of carbonyl (C=O) groups is 2. The van der Waals surface area contributed by atoms with E-state index in [0.717, 1.165) is 38.0 Å². The lowest BCUT2D eigenvalue weighted by molar-refractivity contribution is -0.143. The van der Waals surface area contributed by atoms with Crippen LogP contribution < -0.4 is 0 Å². The molecule has 2 aliphatic rings. The smallest absolute Gasteiger partial charge is 0.309 e. The molecular weight excluding hydrogens is 268 g/mol. The molecule has 1 aliphatic carbocycles. The van der Waals surface area contributed by atoms with Gasteiger partial charge in [-0.3, -0.25) is 14.6 Å². The zero-order valence-corrected chi connectivity index (χ0v) is 12.2. The second-order valence-corrected chi connectivity index (χ2v) is 6.02. The molecule has 0 N–H and O–H groups in total. The minimum Gasteiger partial charge on any atom is -0.469 e. The average Bonchev–Trinajstić information content (AvgIpc) is 3.21. The van der Waals surface area contributed by atoms with E-state index in [4.69, 9.17) is 4.74 Å². The first-order valence-electron chi connectivity index (χ1n) is 7.40. The molecule has 5 heteroatoms. The highest BCUT2D eigenvalue weighted by molar-refractivity contribution is 5.79. The van der Waals surface area contributed by atoms with E-state index in [1.807, 2.05) is 23.1 Å². The predicted molar refractivity (Wildman–Crippen MR) is 76.3 cm³/mol. The van der Waals surface area contributed by atoms with Gasteiger partial charge in [-0.15, -0.1) is 0 Å². The maximum atomic E-state index is 12.3. The molecule has 3 rings (SSSR count). The Morgan fingerprint density at radius 2 is 2.14 bits per heavy atom. The normalized spacial score (nSPS) is 22.9. The molecule has 112 valence electrons. The van der Waals surface area contributed by atoms with Gasteiger partial charge in [0.2, 0.25) is 5.91 Å². The number of carbonyl (C=O) groups excluding carboxylic acids is 2. The molecule has 0 aromatic carbocycles. The highest BCUT2D eigenvalue weighted by Crippen LogP contribution is 2.59. The number of rotatable bonds is 3. The maximum absolute atomic E-state index is 12.3. The lowest BCUT2D eigenvalue weighted by Gasteiger charge is -2.32. The number of hydrogen-bond acceptors (Lipinski definition) is 4. The number of nitrogens with zero attached hydrogens (tertiary/aromatic N) is 2. The fraction of sp³-hybridized carbons (Fsp3) is 0.562. The number of hydrogen-bond donors (Lipinski definition) is 0. The standard InChI is InChI=1S/C16H20N2O3/c1-21-15(20)13-11-16(13)5-8-18(9-6-16)14(19)10-12-4-2-3-7-17-12/h2-4,7,13H,5-6,8-11H2,1H3. The van der Waals surface area contributed by atoms with Gasteiger partial charge in [-0.2, -0.15) is 0 Å². The summed E-state index contributed by atoms with van der Waals surface area (Å²) in [5, 5.41) is 0. The summed E-state index contributed by atoms with van der Waals surface area (Å²) in [5.41, 5.74) is 0.913. The van der Waals surface area contributed by atoms with Crippen molar-refractivity contribution in [3.63, 3.8) is 0 Å². The fourth-order valence-corrected chi connectivity index (χ4v) is 3.35. The Hall–Kier alpha value is -1.91. The number of methoxy groups -OCH3 is 1. The Bertz CT molecular complexity index is 536. The van der Waals surface area contributed by atoms with Crippen LogP contribution in [0.25, 0.3) is 0 Å². The molecule has 1 aromatic heterocycles. The van der Waals surface area contributed by atoms with Gasteiger partial charge in [-0.05, 0) is 36.8 Å². The zero-order valence-electron chi connectivity index (χ0n) is 12.2. The molecule has 1 saturated carbocycles. The molecule has 0 bridgehead atoms. The molecule has 1 atom stereocenters.